The molecule has 3 aromatic rings. The molecule has 0 unspecified atom stereocenters. The Morgan fingerprint density at radius 1 is 1.23 bits per heavy atom. The predicted octanol–water partition coefficient (Wildman–Crippen LogP) is 3.56. The van der Waals surface area contributed by atoms with Crippen LogP contribution in [0.15, 0.2) is 18.6 Å². The molecule has 0 radical (unpaired) electrons. The van der Waals surface area contributed by atoms with Crippen molar-refractivity contribution in [2.24, 2.45) is 5.92 Å². The van der Waals surface area contributed by atoms with Gasteiger partial charge in [-0.3, -0.25) is 9.78 Å². The lowest BCUT2D eigenvalue weighted by Crippen LogP contribution is -2.32. The molecule has 0 bridgehead atoms. The van der Waals surface area contributed by atoms with Crippen LogP contribution in [0.3, 0.4) is 0 Å². The molecular weight excluding hydrogens is 378 g/mol. The van der Waals surface area contributed by atoms with Crippen molar-refractivity contribution < 1.29 is 4.79 Å². The highest BCUT2D eigenvalue weighted by molar-refractivity contribution is 5.92. The Balaban J connectivity index is 1.77. The molecule has 1 saturated carbocycles. The third-order valence-corrected chi connectivity index (χ3v) is 5.52. The van der Waals surface area contributed by atoms with Gasteiger partial charge in [-0.1, -0.05) is 12.8 Å². The van der Waals surface area contributed by atoms with Crippen LogP contribution in [0.25, 0.3) is 11.2 Å². The van der Waals surface area contributed by atoms with Gasteiger partial charge in [-0.05, 0) is 45.6 Å². The Labute approximate surface area is 175 Å². The first kappa shape index (κ1) is 20.0. The number of pyridine rings is 1. The van der Waals surface area contributed by atoms with Crippen LogP contribution in [0.1, 0.15) is 78.3 Å². The van der Waals surface area contributed by atoms with Gasteiger partial charge in [0.2, 0.25) is 0 Å². The highest BCUT2D eigenvalue weighted by atomic mass is 16.2. The SMILES string of the molecule is Cc1cnc(C(=O)N[C@@H](CC2CC2)c2nc3c(C)c(C#N)cnc3n2C(C)C)cn1. The molecule has 0 aliphatic heterocycles. The molecule has 8 nitrogen and oxygen atoms in total. The van der Waals surface area contributed by atoms with Crippen LogP contribution < -0.4 is 5.32 Å². The lowest BCUT2D eigenvalue weighted by molar-refractivity contribution is 0.0925. The standard InChI is InChI=1S/C22H25N7O/c1-12(2)29-20(28-19-14(4)16(8-23)10-26-21(19)29)17(7-15-5-6-15)27-22(30)18-11-24-13(3)9-25-18/h9-12,15,17H,5-7H2,1-4H3,(H,27,30)/t17-/m0/s1. The first-order chi connectivity index (χ1) is 14.4. The number of nitriles is 1. The van der Waals surface area contributed by atoms with Gasteiger partial charge in [-0.2, -0.15) is 5.26 Å². The molecule has 0 saturated heterocycles. The summed E-state index contributed by atoms with van der Waals surface area (Å²) < 4.78 is 2.07. The Kier molecular flexibility index (Phi) is 5.20. The van der Waals surface area contributed by atoms with Gasteiger partial charge in [0.05, 0.1) is 23.5 Å². The van der Waals surface area contributed by atoms with E-state index in [0.29, 0.717) is 17.0 Å². The molecule has 1 fully saturated rings. The van der Waals surface area contributed by atoms with Gasteiger partial charge in [-0.25, -0.2) is 15.0 Å². The molecule has 4 rings (SSSR count). The van der Waals surface area contributed by atoms with E-state index < -0.39 is 0 Å². The lowest BCUT2D eigenvalue weighted by Gasteiger charge is -2.21. The van der Waals surface area contributed by atoms with Crippen molar-refractivity contribution in [2.75, 3.05) is 0 Å². The smallest absolute Gasteiger partial charge is 0.272 e. The number of fused-ring (bicyclic) bond motifs is 1. The summed E-state index contributed by atoms with van der Waals surface area (Å²) in [4.78, 5) is 30.7. The largest absolute Gasteiger partial charge is 0.341 e. The minimum absolute atomic E-state index is 0.0996. The molecule has 1 aliphatic carbocycles. The summed E-state index contributed by atoms with van der Waals surface area (Å²) >= 11 is 0. The molecule has 1 atom stereocenters. The molecule has 3 heterocycles. The second-order valence-electron chi connectivity index (χ2n) is 8.26. The van der Waals surface area contributed by atoms with E-state index in [9.17, 15) is 10.1 Å². The first-order valence-electron chi connectivity index (χ1n) is 10.3. The maximum Gasteiger partial charge on any atom is 0.272 e. The van der Waals surface area contributed by atoms with E-state index >= 15 is 0 Å². The minimum atomic E-state index is -0.269. The molecule has 1 aliphatic rings. The van der Waals surface area contributed by atoms with E-state index in [2.05, 4.69) is 44.8 Å². The number of carbonyl (C=O) groups excluding carboxylic acids is 1. The van der Waals surface area contributed by atoms with Gasteiger partial charge in [0.25, 0.3) is 5.91 Å². The molecule has 154 valence electrons. The molecular formula is C22H25N7O. The zero-order chi connectivity index (χ0) is 21.4. The number of rotatable bonds is 6. The average Bonchev–Trinajstić information content (AvgIpc) is 3.44. The van der Waals surface area contributed by atoms with E-state index in [4.69, 9.17) is 4.98 Å². The maximum absolute atomic E-state index is 12.9. The fraction of sp³-hybridized carbons (Fsp3) is 0.455. The third-order valence-electron chi connectivity index (χ3n) is 5.52. The molecule has 3 aromatic heterocycles. The predicted molar refractivity (Wildman–Crippen MR) is 112 cm³/mol. The fourth-order valence-corrected chi connectivity index (χ4v) is 3.69. The third kappa shape index (κ3) is 3.75. The highest BCUT2D eigenvalue weighted by Crippen LogP contribution is 2.39. The number of amides is 1. The molecule has 30 heavy (non-hydrogen) atoms. The number of nitrogens with one attached hydrogen (secondary N) is 1. The number of nitrogens with zero attached hydrogens (tertiary/aromatic N) is 6. The van der Waals surface area contributed by atoms with Gasteiger partial charge < -0.3 is 9.88 Å². The van der Waals surface area contributed by atoms with E-state index in [-0.39, 0.29) is 23.7 Å². The zero-order valence-electron chi connectivity index (χ0n) is 17.7. The van der Waals surface area contributed by atoms with Crippen LogP contribution >= 0.6 is 0 Å². The molecule has 0 aromatic carbocycles. The number of hydrogen-bond acceptors (Lipinski definition) is 6. The second-order valence-corrected chi connectivity index (χ2v) is 8.26. The summed E-state index contributed by atoms with van der Waals surface area (Å²) in [5.74, 6) is 1.08. The van der Waals surface area contributed by atoms with Crippen molar-refractivity contribution in [1.29, 1.82) is 5.26 Å². The quantitative estimate of drug-likeness (QED) is 0.674. The van der Waals surface area contributed by atoms with E-state index in [1.54, 1.807) is 12.4 Å². The Hall–Kier alpha value is -3.34. The topological polar surface area (TPSA) is 109 Å². The van der Waals surface area contributed by atoms with Crippen molar-refractivity contribution in [3.63, 3.8) is 0 Å². The zero-order valence-corrected chi connectivity index (χ0v) is 17.7. The molecule has 0 spiro atoms. The Bertz CT molecular complexity index is 1140. The van der Waals surface area contributed by atoms with E-state index in [1.165, 1.54) is 6.20 Å². The maximum atomic E-state index is 12.9. The number of carbonyl (C=O) groups is 1. The normalized spacial score (nSPS) is 14.7. The van der Waals surface area contributed by atoms with Crippen LogP contribution in [-0.2, 0) is 0 Å². The summed E-state index contributed by atoms with van der Waals surface area (Å²) in [5.41, 5.74) is 3.82. The van der Waals surface area contributed by atoms with Crippen LogP contribution in [0.4, 0.5) is 0 Å². The van der Waals surface area contributed by atoms with Crippen molar-refractivity contribution in [3.8, 4) is 6.07 Å². The number of aryl methyl sites for hydroxylation is 2. The van der Waals surface area contributed by atoms with Crippen LogP contribution in [-0.4, -0.2) is 30.4 Å². The van der Waals surface area contributed by atoms with Crippen molar-refractivity contribution in [3.05, 3.63) is 46.9 Å². The van der Waals surface area contributed by atoms with E-state index in [0.717, 1.165) is 42.0 Å². The average molecular weight is 403 g/mol. The van der Waals surface area contributed by atoms with Gasteiger partial charge >= 0.3 is 0 Å². The Morgan fingerprint density at radius 3 is 2.60 bits per heavy atom. The summed E-state index contributed by atoms with van der Waals surface area (Å²) in [6, 6.07) is 2.01. The van der Waals surface area contributed by atoms with Gasteiger partial charge in [0.1, 0.15) is 23.1 Å². The minimum Gasteiger partial charge on any atom is -0.341 e. The lowest BCUT2D eigenvalue weighted by atomic mass is 10.1. The highest BCUT2D eigenvalue weighted by Gasteiger charge is 2.32. The summed E-state index contributed by atoms with van der Waals surface area (Å²) in [6.45, 7) is 7.86. The van der Waals surface area contributed by atoms with Gasteiger partial charge in [0, 0.05) is 18.4 Å². The number of imidazole rings is 1. The summed E-state index contributed by atoms with van der Waals surface area (Å²) in [6.07, 6.45) is 7.81. The molecule has 1 amide bonds. The number of hydrogen-bond donors (Lipinski definition) is 1. The van der Waals surface area contributed by atoms with Crippen molar-refractivity contribution in [2.45, 2.75) is 59.0 Å². The fourth-order valence-electron chi connectivity index (χ4n) is 3.69. The first-order valence-corrected chi connectivity index (χ1v) is 10.3. The monoisotopic (exact) mass is 403 g/mol. The van der Waals surface area contributed by atoms with Gasteiger partial charge in [-0.15, -0.1) is 0 Å². The van der Waals surface area contributed by atoms with Crippen LogP contribution in [0.5, 0.6) is 0 Å². The Morgan fingerprint density at radius 2 is 2.00 bits per heavy atom. The number of aromatic nitrogens is 5. The van der Waals surface area contributed by atoms with Gasteiger partial charge in [0.15, 0.2) is 5.65 Å². The molecule has 8 heteroatoms. The summed E-state index contributed by atoms with van der Waals surface area (Å²) in [7, 11) is 0. The van der Waals surface area contributed by atoms with Crippen molar-refractivity contribution in [1.82, 2.24) is 29.8 Å². The molecule has 1 N–H and O–H groups in total. The van der Waals surface area contributed by atoms with E-state index in [1.807, 2.05) is 13.8 Å². The van der Waals surface area contributed by atoms with Crippen LogP contribution in [0.2, 0.25) is 0 Å². The van der Waals surface area contributed by atoms with Crippen LogP contribution in [0, 0.1) is 31.1 Å². The van der Waals surface area contributed by atoms with Crippen molar-refractivity contribution >= 4 is 17.1 Å². The summed E-state index contributed by atoms with van der Waals surface area (Å²) in [5, 5.41) is 12.5. The second kappa shape index (κ2) is 7.82.